The molecule has 2 aliphatic rings. The van der Waals surface area contributed by atoms with E-state index in [0.29, 0.717) is 30.8 Å². The summed E-state index contributed by atoms with van der Waals surface area (Å²) in [5.74, 6) is 0.120. The molecule has 1 atom stereocenters. The van der Waals surface area contributed by atoms with Crippen LogP contribution < -0.4 is 20.7 Å². The number of rotatable bonds is 9. The number of hydrogen-bond acceptors (Lipinski definition) is 9. The standard InChI is InChI=1S/C27H38N8O5S/c1-17(2)24(36)34-10-9-33(14-18(34)3)22-12-20(41(38,39)31-27(4)7-8-27)11-21-23(22)29-26(30-40-6)35(25(21)37)16-19-13-28-32(5)15-19/h11-13,15,17-18,31H,7-10,14,16H2,1-6H3,(H,29,30). The zero-order valence-electron chi connectivity index (χ0n) is 24.3. The number of carbonyl (C=O) groups excluding carboxylic acids is 1. The van der Waals surface area contributed by atoms with E-state index >= 15 is 0 Å². The number of nitrogens with one attached hydrogen (secondary N) is 2. The van der Waals surface area contributed by atoms with Crippen LogP contribution in [-0.4, -0.2) is 76.9 Å². The fourth-order valence-electron chi connectivity index (χ4n) is 5.24. The predicted molar refractivity (Wildman–Crippen MR) is 155 cm³/mol. The summed E-state index contributed by atoms with van der Waals surface area (Å²) in [5, 5.41) is 4.35. The van der Waals surface area contributed by atoms with Crippen molar-refractivity contribution in [1.29, 1.82) is 0 Å². The first-order valence-electron chi connectivity index (χ1n) is 13.8. The number of amides is 1. The summed E-state index contributed by atoms with van der Waals surface area (Å²) >= 11 is 0. The van der Waals surface area contributed by atoms with Crippen molar-refractivity contribution in [1.82, 2.24) is 29.0 Å². The molecule has 1 unspecified atom stereocenters. The van der Waals surface area contributed by atoms with Crippen LogP contribution in [0.5, 0.6) is 0 Å². The van der Waals surface area contributed by atoms with Crippen molar-refractivity contribution in [2.75, 3.05) is 37.1 Å². The molecule has 1 aliphatic carbocycles. The van der Waals surface area contributed by atoms with Gasteiger partial charge in [0.15, 0.2) is 0 Å². The van der Waals surface area contributed by atoms with Gasteiger partial charge in [0.1, 0.15) is 5.52 Å². The average molecular weight is 587 g/mol. The average Bonchev–Trinajstić information content (AvgIpc) is 3.48. The first-order chi connectivity index (χ1) is 19.3. The van der Waals surface area contributed by atoms with Crippen LogP contribution >= 0.6 is 0 Å². The number of hydrogen-bond donors (Lipinski definition) is 2. The van der Waals surface area contributed by atoms with Crippen molar-refractivity contribution in [3.63, 3.8) is 0 Å². The number of nitrogens with zero attached hydrogens (tertiary/aromatic N) is 6. The van der Waals surface area contributed by atoms with Gasteiger partial charge in [-0.2, -0.15) is 5.10 Å². The highest BCUT2D eigenvalue weighted by molar-refractivity contribution is 7.89. The lowest BCUT2D eigenvalue weighted by Gasteiger charge is -2.42. The highest BCUT2D eigenvalue weighted by Crippen LogP contribution is 2.37. The summed E-state index contributed by atoms with van der Waals surface area (Å²) in [6, 6.07) is 2.86. The normalized spacial score (nSPS) is 18.8. The van der Waals surface area contributed by atoms with Gasteiger partial charge in [-0.05, 0) is 38.8 Å². The molecule has 3 heterocycles. The second-order valence-electron chi connectivity index (χ2n) is 11.6. The molecule has 2 N–H and O–H groups in total. The van der Waals surface area contributed by atoms with E-state index in [1.807, 2.05) is 37.5 Å². The number of fused-ring (bicyclic) bond motifs is 1. The fourth-order valence-corrected chi connectivity index (χ4v) is 6.75. The highest BCUT2D eigenvalue weighted by atomic mass is 32.2. The Morgan fingerprint density at radius 1 is 1.24 bits per heavy atom. The SMILES string of the molecule is CONc1nc2c(N3CCN(C(=O)C(C)C)C(C)C3)cc(S(=O)(=O)NC3(C)CC3)cc2c(=O)n1Cc1cnn(C)c1. The zero-order valence-corrected chi connectivity index (χ0v) is 25.2. The molecule has 0 radical (unpaired) electrons. The van der Waals surface area contributed by atoms with Gasteiger partial charge in [0.05, 0.1) is 35.8 Å². The van der Waals surface area contributed by atoms with E-state index < -0.39 is 21.1 Å². The summed E-state index contributed by atoms with van der Waals surface area (Å²) in [4.78, 5) is 40.6. The molecule has 0 spiro atoms. The van der Waals surface area contributed by atoms with Gasteiger partial charge in [-0.15, -0.1) is 0 Å². The number of benzene rings is 1. The van der Waals surface area contributed by atoms with E-state index in [0.717, 1.165) is 18.4 Å². The van der Waals surface area contributed by atoms with E-state index in [1.54, 1.807) is 30.2 Å². The number of anilines is 2. The van der Waals surface area contributed by atoms with Crippen LogP contribution in [0.1, 0.15) is 46.1 Å². The summed E-state index contributed by atoms with van der Waals surface area (Å²) in [7, 11) is -0.721. The Morgan fingerprint density at radius 2 is 1.98 bits per heavy atom. The Kier molecular flexibility index (Phi) is 7.59. The molecule has 13 nitrogen and oxygen atoms in total. The van der Waals surface area contributed by atoms with Gasteiger partial charge in [0.2, 0.25) is 21.9 Å². The van der Waals surface area contributed by atoms with Crippen LogP contribution in [0.15, 0.2) is 34.2 Å². The van der Waals surface area contributed by atoms with Crippen LogP contribution in [0.2, 0.25) is 0 Å². The summed E-state index contributed by atoms with van der Waals surface area (Å²) < 4.78 is 32.9. The van der Waals surface area contributed by atoms with E-state index in [2.05, 4.69) is 15.3 Å². The molecule has 1 amide bonds. The Labute approximate surface area is 239 Å². The smallest absolute Gasteiger partial charge is 0.263 e. The summed E-state index contributed by atoms with van der Waals surface area (Å²) in [6.45, 7) is 9.12. The lowest BCUT2D eigenvalue weighted by Crippen LogP contribution is -2.55. The van der Waals surface area contributed by atoms with Crippen LogP contribution in [0.4, 0.5) is 11.6 Å². The molecule has 14 heteroatoms. The van der Waals surface area contributed by atoms with E-state index in [-0.39, 0.29) is 40.6 Å². The van der Waals surface area contributed by atoms with Crippen LogP contribution in [0.25, 0.3) is 10.9 Å². The van der Waals surface area contributed by atoms with Gasteiger partial charge in [-0.25, -0.2) is 23.6 Å². The van der Waals surface area contributed by atoms with Crippen LogP contribution in [-0.2, 0) is 33.2 Å². The minimum Gasteiger partial charge on any atom is -0.366 e. The minimum atomic E-state index is -3.93. The molecule has 41 heavy (non-hydrogen) atoms. The molecule has 5 rings (SSSR count). The maximum absolute atomic E-state index is 14.0. The zero-order chi connectivity index (χ0) is 29.7. The number of sulfonamides is 1. The van der Waals surface area contributed by atoms with Crippen molar-refractivity contribution in [3.8, 4) is 0 Å². The molecule has 2 aromatic heterocycles. The second kappa shape index (κ2) is 10.7. The molecule has 0 bridgehead atoms. The Bertz CT molecular complexity index is 1640. The van der Waals surface area contributed by atoms with Gasteiger partial charge in [-0.1, -0.05) is 13.8 Å². The third-order valence-corrected chi connectivity index (χ3v) is 9.36. The first kappa shape index (κ1) is 29.0. The molecule has 1 saturated heterocycles. The Morgan fingerprint density at radius 3 is 2.56 bits per heavy atom. The first-order valence-corrected chi connectivity index (χ1v) is 15.2. The maximum Gasteiger partial charge on any atom is 0.263 e. The molecule has 1 aromatic carbocycles. The Balaban J connectivity index is 1.66. The molecule has 1 saturated carbocycles. The van der Waals surface area contributed by atoms with Gasteiger partial charge in [0, 0.05) is 55.9 Å². The number of aryl methyl sites for hydroxylation is 1. The lowest BCUT2D eigenvalue weighted by atomic mass is 10.1. The van der Waals surface area contributed by atoms with Gasteiger partial charge in [0.25, 0.3) is 5.56 Å². The number of aromatic nitrogens is 4. The quantitative estimate of drug-likeness (QED) is 0.358. The molecular formula is C27H38N8O5S. The third-order valence-electron chi connectivity index (χ3n) is 7.74. The molecule has 2 fully saturated rings. The molecular weight excluding hydrogens is 548 g/mol. The predicted octanol–water partition coefficient (Wildman–Crippen LogP) is 1.68. The van der Waals surface area contributed by atoms with Crippen molar-refractivity contribution in [2.24, 2.45) is 13.0 Å². The molecule has 1 aliphatic heterocycles. The van der Waals surface area contributed by atoms with Gasteiger partial charge < -0.3 is 9.80 Å². The molecule has 222 valence electrons. The monoisotopic (exact) mass is 586 g/mol. The van der Waals surface area contributed by atoms with Crippen molar-refractivity contribution >= 4 is 38.5 Å². The topological polar surface area (TPSA) is 144 Å². The fraction of sp³-hybridized carbons (Fsp3) is 0.556. The van der Waals surface area contributed by atoms with E-state index in [1.165, 1.54) is 17.7 Å². The van der Waals surface area contributed by atoms with Crippen LogP contribution in [0, 0.1) is 5.92 Å². The van der Waals surface area contributed by atoms with Crippen molar-refractivity contribution < 1.29 is 18.0 Å². The Hall–Kier alpha value is -3.49. The van der Waals surface area contributed by atoms with Crippen molar-refractivity contribution in [3.05, 3.63) is 40.4 Å². The maximum atomic E-state index is 14.0. The third kappa shape index (κ3) is 5.81. The molecule has 3 aromatic rings. The number of piperazine rings is 1. The van der Waals surface area contributed by atoms with E-state index in [9.17, 15) is 18.0 Å². The largest absolute Gasteiger partial charge is 0.366 e. The van der Waals surface area contributed by atoms with Crippen LogP contribution in [0.3, 0.4) is 0 Å². The lowest BCUT2D eigenvalue weighted by molar-refractivity contribution is -0.136. The van der Waals surface area contributed by atoms with E-state index in [4.69, 9.17) is 9.82 Å². The summed E-state index contributed by atoms with van der Waals surface area (Å²) in [6.07, 6.45) is 4.95. The minimum absolute atomic E-state index is 0.000688. The second-order valence-corrected chi connectivity index (χ2v) is 13.3. The highest BCUT2D eigenvalue weighted by Gasteiger charge is 2.41. The number of carbonyl (C=O) groups is 1. The summed E-state index contributed by atoms with van der Waals surface area (Å²) in [5.41, 5.74) is 3.43. The van der Waals surface area contributed by atoms with Gasteiger partial charge in [-0.3, -0.25) is 23.7 Å². The van der Waals surface area contributed by atoms with Crippen molar-refractivity contribution in [2.45, 2.75) is 63.6 Å². The van der Waals surface area contributed by atoms with Gasteiger partial charge >= 0.3 is 0 Å².